The van der Waals surface area contributed by atoms with Crippen molar-refractivity contribution in [1.29, 1.82) is 0 Å². The van der Waals surface area contributed by atoms with Crippen LogP contribution >= 0.6 is 0 Å². The number of urea groups is 1. The van der Waals surface area contributed by atoms with Crippen molar-refractivity contribution in [3.8, 4) is 0 Å². The van der Waals surface area contributed by atoms with Gasteiger partial charge in [0.25, 0.3) is 5.91 Å². The minimum Gasteiger partial charge on any atom is -0.342 e. The maximum absolute atomic E-state index is 14.0. The van der Waals surface area contributed by atoms with Gasteiger partial charge in [0.05, 0.1) is 6.42 Å². The summed E-state index contributed by atoms with van der Waals surface area (Å²) in [5.74, 6) is -3.71. The maximum atomic E-state index is 14.0. The average Bonchev–Trinajstić information content (AvgIpc) is 3.03. The van der Waals surface area contributed by atoms with Crippen molar-refractivity contribution in [3.63, 3.8) is 0 Å². The van der Waals surface area contributed by atoms with Crippen LogP contribution in [0.5, 0.6) is 0 Å². The van der Waals surface area contributed by atoms with Crippen molar-refractivity contribution >= 4 is 17.8 Å². The molecule has 1 N–H and O–H groups in total. The van der Waals surface area contributed by atoms with E-state index in [0.29, 0.717) is 63.5 Å². The van der Waals surface area contributed by atoms with Crippen LogP contribution in [-0.2, 0) is 16.0 Å². The number of nitrogens with zero attached hydrogens (tertiary/aromatic N) is 3. The number of amides is 4. The van der Waals surface area contributed by atoms with Crippen molar-refractivity contribution < 1.29 is 27.6 Å². The minimum absolute atomic E-state index is 0.162. The van der Waals surface area contributed by atoms with E-state index in [-0.39, 0.29) is 17.9 Å². The Kier molecular flexibility index (Phi) is 8.46. The largest absolute Gasteiger partial charge is 0.342 e. The van der Waals surface area contributed by atoms with Crippen molar-refractivity contribution in [2.24, 2.45) is 11.8 Å². The first-order chi connectivity index (χ1) is 16.4. The number of likely N-dealkylation sites (N-methyl/N-ethyl adjacent to an activating group) is 1. The van der Waals surface area contributed by atoms with Crippen molar-refractivity contribution in [2.45, 2.75) is 51.5 Å². The molecule has 0 saturated carbocycles. The van der Waals surface area contributed by atoms with Gasteiger partial charge in [0.1, 0.15) is 23.0 Å². The topological polar surface area (TPSA) is 73.0 Å². The van der Waals surface area contributed by atoms with E-state index in [1.165, 1.54) is 9.80 Å². The van der Waals surface area contributed by atoms with Gasteiger partial charge in [-0.05, 0) is 51.6 Å². The molecule has 0 radical (unpaired) electrons. The van der Waals surface area contributed by atoms with Crippen LogP contribution in [-0.4, -0.2) is 78.4 Å². The SMILES string of the molecule is CC(C)CC[C@]1(C2CCN(C(=O)Cc3c(F)cc(F)cc3F)CC2)NC(=O)N(CCN(C)C)C1=O. The molecule has 1 aromatic rings. The van der Waals surface area contributed by atoms with E-state index in [0.717, 1.165) is 6.42 Å². The van der Waals surface area contributed by atoms with Crippen LogP contribution in [0.2, 0.25) is 0 Å². The first kappa shape index (κ1) is 27.0. The fraction of sp³-hybridized carbons (Fsp3) is 0.640. The molecule has 0 unspecified atom stereocenters. The summed E-state index contributed by atoms with van der Waals surface area (Å²) in [6.45, 7) is 5.59. The molecule has 0 aliphatic carbocycles. The Morgan fingerprint density at radius 1 is 1.14 bits per heavy atom. The van der Waals surface area contributed by atoms with Crippen LogP contribution in [0.15, 0.2) is 12.1 Å². The lowest BCUT2D eigenvalue weighted by atomic mass is 9.73. The Labute approximate surface area is 204 Å². The summed E-state index contributed by atoms with van der Waals surface area (Å²) in [5, 5.41) is 3.00. The zero-order valence-electron chi connectivity index (χ0n) is 20.9. The Morgan fingerprint density at radius 3 is 2.29 bits per heavy atom. The predicted molar refractivity (Wildman–Crippen MR) is 125 cm³/mol. The molecule has 10 heteroatoms. The summed E-state index contributed by atoms with van der Waals surface area (Å²) >= 11 is 0. The second kappa shape index (κ2) is 11.0. The summed E-state index contributed by atoms with van der Waals surface area (Å²) in [7, 11) is 3.75. The highest BCUT2D eigenvalue weighted by Crippen LogP contribution is 2.38. The number of imide groups is 1. The van der Waals surface area contributed by atoms with E-state index in [1.807, 2.05) is 19.0 Å². The molecule has 0 bridgehead atoms. The molecular formula is C25H35F3N4O3. The third-order valence-electron chi connectivity index (χ3n) is 7.07. The molecule has 1 aromatic carbocycles. The van der Waals surface area contributed by atoms with Crippen LogP contribution in [0, 0.1) is 29.3 Å². The van der Waals surface area contributed by atoms with Gasteiger partial charge in [-0.1, -0.05) is 13.8 Å². The third kappa shape index (κ3) is 5.97. The highest BCUT2D eigenvalue weighted by molar-refractivity contribution is 6.07. The van der Waals surface area contributed by atoms with Gasteiger partial charge < -0.3 is 15.1 Å². The Bertz CT molecular complexity index is 940. The number of halogens is 3. The molecule has 3 rings (SSSR count). The first-order valence-corrected chi connectivity index (χ1v) is 12.1. The molecule has 2 aliphatic rings. The number of rotatable bonds is 9. The van der Waals surface area contributed by atoms with Gasteiger partial charge in [0.2, 0.25) is 5.91 Å². The second-order valence-corrected chi connectivity index (χ2v) is 10.3. The normalized spacial score (nSPS) is 21.4. The summed E-state index contributed by atoms with van der Waals surface area (Å²) in [5.41, 5.74) is -1.47. The van der Waals surface area contributed by atoms with E-state index < -0.39 is 40.9 Å². The lowest BCUT2D eigenvalue weighted by Crippen LogP contribution is -2.57. The van der Waals surface area contributed by atoms with E-state index >= 15 is 0 Å². The van der Waals surface area contributed by atoms with Gasteiger partial charge >= 0.3 is 6.03 Å². The third-order valence-corrected chi connectivity index (χ3v) is 7.07. The molecule has 194 valence electrons. The van der Waals surface area contributed by atoms with Gasteiger partial charge in [0.15, 0.2) is 0 Å². The summed E-state index contributed by atoms with van der Waals surface area (Å²) in [4.78, 5) is 43.8. The molecule has 2 saturated heterocycles. The van der Waals surface area contributed by atoms with E-state index in [1.54, 1.807) is 0 Å². The molecule has 2 aliphatic heterocycles. The number of hydrogen-bond acceptors (Lipinski definition) is 4. The summed E-state index contributed by atoms with van der Waals surface area (Å²) in [6, 6.07) is 0.737. The van der Waals surface area contributed by atoms with E-state index in [9.17, 15) is 27.6 Å². The van der Waals surface area contributed by atoms with Crippen molar-refractivity contribution in [1.82, 2.24) is 20.0 Å². The number of benzene rings is 1. The lowest BCUT2D eigenvalue weighted by molar-refractivity contribution is -0.136. The fourth-order valence-electron chi connectivity index (χ4n) is 4.94. The van der Waals surface area contributed by atoms with Gasteiger partial charge in [-0.15, -0.1) is 0 Å². The fourth-order valence-corrected chi connectivity index (χ4v) is 4.94. The summed E-state index contributed by atoms with van der Waals surface area (Å²) < 4.78 is 41.2. The maximum Gasteiger partial charge on any atom is 0.325 e. The summed E-state index contributed by atoms with van der Waals surface area (Å²) in [6.07, 6.45) is 1.72. The smallest absolute Gasteiger partial charge is 0.325 e. The number of likely N-dealkylation sites (tertiary alicyclic amines) is 1. The van der Waals surface area contributed by atoms with Crippen LogP contribution in [0.4, 0.5) is 18.0 Å². The number of carbonyl (C=O) groups excluding carboxylic acids is 3. The predicted octanol–water partition coefficient (Wildman–Crippen LogP) is 3.17. The molecule has 7 nitrogen and oxygen atoms in total. The van der Waals surface area contributed by atoms with Crippen LogP contribution in [0.25, 0.3) is 0 Å². The molecule has 35 heavy (non-hydrogen) atoms. The lowest BCUT2D eigenvalue weighted by Gasteiger charge is -2.41. The number of nitrogens with one attached hydrogen (secondary N) is 1. The van der Waals surface area contributed by atoms with Gasteiger partial charge in [-0.2, -0.15) is 0 Å². The molecule has 0 spiro atoms. The molecule has 4 amide bonds. The quantitative estimate of drug-likeness (QED) is 0.533. The van der Waals surface area contributed by atoms with E-state index in [4.69, 9.17) is 0 Å². The number of piperidine rings is 1. The monoisotopic (exact) mass is 496 g/mol. The van der Waals surface area contributed by atoms with E-state index in [2.05, 4.69) is 19.2 Å². The highest BCUT2D eigenvalue weighted by Gasteiger charge is 2.55. The Hall–Kier alpha value is -2.62. The Balaban J connectivity index is 1.71. The van der Waals surface area contributed by atoms with Crippen molar-refractivity contribution in [3.05, 3.63) is 35.1 Å². The minimum atomic E-state index is -1.09. The zero-order chi connectivity index (χ0) is 25.9. The highest BCUT2D eigenvalue weighted by atomic mass is 19.1. The van der Waals surface area contributed by atoms with Gasteiger partial charge in [0, 0.05) is 43.9 Å². The van der Waals surface area contributed by atoms with Gasteiger partial charge in [-0.3, -0.25) is 14.5 Å². The van der Waals surface area contributed by atoms with Crippen molar-refractivity contribution in [2.75, 3.05) is 40.3 Å². The molecular weight excluding hydrogens is 461 g/mol. The zero-order valence-corrected chi connectivity index (χ0v) is 20.9. The standard InChI is InChI=1S/C25H35F3N4O3/c1-16(2)5-8-25(23(34)32(24(35)29-25)12-11-30(3)4)17-6-9-31(10-7-17)22(33)15-19-20(27)13-18(26)14-21(19)28/h13-14,16-17H,5-12,15H2,1-4H3,(H,29,35)/t25-/m1/s1. The van der Waals surface area contributed by atoms with Crippen LogP contribution in [0.1, 0.15) is 45.1 Å². The number of hydrogen-bond donors (Lipinski definition) is 1. The molecule has 2 fully saturated rings. The van der Waals surface area contributed by atoms with Crippen LogP contribution < -0.4 is 5.32 Å². The molecule has 0 aromatic heterocycles. The molecule has 2 heterocycles. The average molecular weight is 497 g/mol. The second-order valence-electron chi connectivity index (χ2n) is 10.3. The first-order valence-electron chi connectivity index (χ1n) is 12.1. The molecule has 1 atom stereocenters. The van der Waals surface area contributed by atoms with Crippen LogP contribution in [0.3, 0.4) is 0 Å². The Morgan fingerprint density at radius 2 is 1.74 bits per heavy atom. The number of carbonyl (C=O) groups is 3. The van der Waals surface area contributed by atoms with Gasteiger partial charge in [-0.25, -0.2) is 18.0 Å².